The summed E-state index contributed by atoms with van der Waals surface area (Å²) in [6, 6.07) is 8.32. The summed E-state index contributed by atoms with van der Waals surface area (Å²) in [6.07, 6.45) is 0. The third-order valence-electron chi connectivity index (χ3n) is 3.83. The van der Waals surface area contributed by atoms with Crippen molar-refractivity contribution in [2.24, 2.45) is 0 Å². The smallest absolute Gasteiger partial charge is 0.323 e. The minimum absolute atomic E-state index is 0.182. The standard InChI is InChI=1S/C17H14ClNO5/c1-23-12-7-10-15(17(24-2)14(12)18)19(8-13(20)21)11-6-4-3-5-9(11)16(10)22/h3-7H,8H2,1-2H3,(H,20,21). The highest BCUT2D eigenvalue weighted by Crippen LogP contribution is 2.40. The van der Waals surface area contributed by atoms with Crippen molar-refractivity contribution >= 4 is 39.4 Å². The van der Waals surface area contributed by atoms with E-state index < -0.39 is 5.97 Å². The van der Waals surface area contributed by atoms with Crippen molar-refractivity contribution < 1.29 is 19.4 Å². The number of aromatic nitrogens is 1. The molecule has 2 aromatic carbocycles. The number of rotatable bonds is 4. The van der Waals surface area contributed by atoms with Crippen molar-refractivity contribution in [2.45, 2.75) is 6.54 Å². The second-order valence-corrected chi connectivity index (χ2v) is 5.53. The first-order valence-corrected chi connectivity index (χ1v) is 7.45. The zero-order chi connectivity index (χ0) is 17.4. The van der Waals surface area contributed by atoms with Crippen LogP contribution in [0.3, 0.4) is 0 Å². The van der Waals surface area contributed by atoms with Gasteiger partial charge in [0, 0.05) is 5.39 Å². The van der Waals surface area contributed by atoms with Gasteiger partial charge in [0.1, 0.15) is 17.3 Å². The minimum atomic E-state index is -1.04. The molecule has 0 saturated carbocycles. The molecule has 1 aromatic heterocycles. The Hall–Kier alpha value is -2.73. The molecule has 0 unspecified atom stereocenters. The topological polar surface area (TPSA) is 77.8 Å². The molecule has 0 amide bonds. The second kappa shape index (κ2) is 6.05. The first-order valence-electron chi connectivity index (χ1n) is 7.07. The summed E-state index contributed by atoms with van der Waals surface area (Å²) in [7, 11) is 2.84. The van der Waals surface area contributed by atoms with E-state index in [-0.39, 0.29) is 33.9 Å². The number of carboxylic acids is 1. The summed E-state index contributed by atoms with van der Waals surface area (Å²) in [4.78, 5) is 24.2. The van der Waals surface area contributed by atoms with Gasteiger partial charge >= 0.3 is 5.97 Å². The zero-order valence-electron chi connectivity index (χ0n) is 13.0. The summed E-state index contributed by atoms with van der Waals surface area (Å²) >= 11 is 6.29. The van der Waals surface area contributed by atoms with Crippen LogP contribution in [0.25, 0.3) is 21.8 Å². The van der Waals surface area contributed by atoms with Gasteiger partial charge in [0.25, 0.3) is 0 Å². The van der Waals surface area contributed by atoms with Crippen molar-refractivity contribution in [3.05, 3.63) is 45.6 Å². The summed E-state index contributed by atoms with van der Waals surface area (Å²) in [5.41, 5.74) is 0.585. The Balaban J connectivity index is 2.64. The lowest BCUT2D eigenvalue weighted by Crippen LogP contribution is -2.17. The van der Waals surface area contributed by atoms with Crippen LogP contribution in [0.4, 0.5) is 0 Å². The molecular formula is C17H14ClNO5. The molecule has 1 N–H and O–H groups in total. The Morgan fingerprint density at radius 1 is 1.21 bits per heavy atom. The lowest BCUT2D eigenvalue weighted by molar-refractivity contribution is -0.137. The lowest BCUT2D eigenvalue weighted by atomic mass is 10.1. The third kappa shape index (κ3) is 2.35. The van der Waals surface area contributed by atoms with Gasteiger partial charge in [-0.1, -0.05) is 23.7 Å². The number of halogens is 1. The van der Waals surface area contributed by atoms with Crippen molar-refractivity contribution in [1.29, 1.82) is 0 Å². The minimum Gasteiger partial charge on any atom is -0.495 e. The van der Waals surface area contributed by atoms with Crippen LogP contribution in [-0.4, -0.2) is 29.9 Å². The molecule has 0 radical (unpaired) electrons. The van der Waals surface area contributed by atoms with Crippen LogP contribution < -0.4 is 14.9 Å². The molecule has 0 fully saturated rings. The number of aliphatic carboxylic acids is 1. The van der Waals surface area contributed by atoms with Crippen LogP contribution in [0.1, 0.15) is 0 Å². The van der Waals surface area contributed by atoms with Crippen molar-refractivity contribution in [3.63, 3.8) is 0 Å². The summed E-state index contributed by atoms with van der Waals surface area (Å²) in [5, 5.41) is 10.2. The maximum atomic E-state index is 12.9. The molecule has 0 bridgehead atoms. The molecule has 6 nitrogen and oxygen atoms in total. The van der Waals surface area contributed by atoms with Gasteiger partial charge in [-0.05, 0) is 18.2 Å². The highest BCUT2D eigenvalue weighted by molar-refractivity contribution is 6.35. The van der Waals surface area contributed by atoms with Gasteiger partial charge in [-0.2, -0.15) is 0 Å². The lowest BCUT2D eigenvalue weighted by Gasteiger charge is -2.18. The molecule has 0 spiro atoms. The van der Waals surface area contributed by atoms with Crippen molar-refractivity contribution in [1.82, 2.24) is 4.57 Å². The average Bonchev–Trinajstić information content (AvgIpc) is 2.58. The summed E-state index contributed by atoms with van der Waals surface area (Å²) < 4.78 is 12.1. The molecule has 1 heterocycles. The molecule has 0 saturated heterocycles. The molecule has 124 valence electrons. The maximum absolute atomic E-state index is 12.9. The maximum Gasteiger partial charge on any atom is 0.323 e. The van der Waals surface area contributed by atoms with Crippen LogP contribution in [0, 0.1) is 0 Å². The van der Waals surface area contributed by atoms with Gasteiger partial charge in [-0.25, -0.2) is 0 Å². The number of nitrogens with zero attached hydrogens (tertiary/aromatic N) is 1. The Morgan fingerprint density at radius 3 is 2.54 bits per heavy atom. The van der Waals surface area contributed by atoms with E-state index in [1.165, 1.54) is 24.9 Å². The number of pyridine rings is 1. The molecule has 3 aromatic rings. The molecule has 3 rings (SSSR count). The second-order valence-electron chi connectivity index (χ2n) is 5.15. The number of fused-ring (bicyclic) bond motifs is 2. The number of carbonyl (C=O) groups is 1. The third-order valence-corrected chi connectivity index (χ3v) is 4.19. The van der Waals surface area contributed by atoms with E-state index >= 15 is 0 Å². The quantitative estimate of drug-likeness (QED) is 0.734. The van der Waals surface area contributed by atoms with Crippen molar-refractivity contribution in [2.75, 3.05) is 14.2 Å². The van der Waals surface area contributed by atoms with E-state index in [0.29, 0.717) is 16.4 Å². The summed E-state index contributed by atoms with van der Waals surface area (Å²) in [6.45, 7) is -0.337. The highest BCUT2D eigenvalue weighted by Gasteiger charge is 2.21. The number of para-hydroxylation sites is 1. The van der Waals surface area contributed by atoms with Crippen LogP contribution in [0.2, 0.25) is 5.02 Å². The van der Waals surface area contributed by atoms with Crippen LogP contribution in [0.15, 0.2) is 35.1 Å². The van der Waals surface area contributed by atoms with Crippen LogP contribution in [0.5, 0.6) is 11.5 Å². The Bertz CT molecular complexity index is 1030. The van der Waals surface area contributed by atoms with Gasteiger partial charge in [0.2, 0.25) is 0 Å². The van der Waals surface area contributed by atoms with Gasteiger partial charge < -0.3 is 19.1 Å². The average molecular weight is 348 g/mol. The SMILES string of the molecule is COc1cc2c(=O)c3ccccc3n(CC(=O)O)c2c(OC)c1Cl. The van der Waals surface area contributed by atoms with E-state index in [1.807, 2.05) is 0 Å². The number of methoxy groups -OCH3 is 2. The van der Waals surface area contributed by atoms with E-state index in [0.717, 1.165) is 0 Å². The van der Waals surface area contributed by atoms with Gasteiger partial charge in [0.15, 0.2) is 11.2 Å². The number of hydrogen-bond donors (Lipinski definition) is 1. The largest absolute Gasteiger partial charge is 0.495 e. The first-order chi connectivity index (χ1) is 11.5. The number of carboxylic acid groups (broad SMARTS) is 1. The fourth-order valence-electron chi connectivity index (χ4n) is 2.84. The molecule has 0 atom stereocenters. The molecule has 7 heteroatoms. The zero-order valence-corrected chi connectivity index (χ0v) is 13.8. The molecular weight excluding hydrogens is 334 g/mol. The molecule has 0 aliphatic heterocycles. The molecule has 24 heavy (non-hydrogen) atoms. The predicted octanol–water partition coefficient (Wildman–Crippen LogP) is 2.91. The van der Waals surface area contributed by atoms with Gasteiger partial charge in [-0.15, -0.1) is 0 Å². The van der Waals surface area contributed by atoms with E-state index in [2.05, 4.69) is 0 Å². The first kappa shape index (κ1) is 16.1. The van der Waals surface area contributed by atoms with E-state index in [4.69, 9.17) is 21.1 Å². The molecule has 0 aliphatic carbocycles. The predicted molar refractivity (Wildman–Crippen MR) is 91.5 cm³/mol. The molecule has 0 aliphatic rings. The Kier molecular flexibility index (Phi) is 4.07. The van der Waals surface area contributed by atoms with Crippen molar-refractivity contribution in [3.8, 4) is 11.5 Å². The highest BCUT2D eigenvalue weighted by atomic mass is 35.5. The van der Waals surface area contributed by atoms with Crippen LogP contribution in [-0.2, 0) is 11.3 Å². The number of benzene rings is 2. The number of ether oxygens (including phenoxy) is 2. The fourth-order valence-corrected chi connectivity index (χ4v) is 3.14. The van der Waals surface area contributed by atoms with E-state index in [1.54, 1.807) is 24.3 Å². The normalized spacial score (nSPS) is 11.0. The fraction of sp³-hybridized carbons (Fsp3) is 0.176. The number of hydrogen-bond acceptors (Lipinski definition) is 4. The van der Waals surface area contributed by atoms with E-state index in [9.17, 15) is 14.7 Å². The monoisotopic (exact) mass is 347 g/mol. The van der Waals surface area contributed by atoms with Gasteiger partial charge in [0.05, 0.1) is 30.6 Å². The Morgan fingerprint density at radius 2 is 1.92 bits per heavy atom. The van der Waals surface area contributed by atoms with Crippen LogP contribution >= 0.6 is 11.6 Å². The van der Waals surface area contributed by atoms with Gasteiger partial charge in [-0.3, -0.25) is 9.59 Å². The summed E-state index contributed by atoms with van der Waals surface area (Å²) in [5.74, 6) is -0.551. The Labute approximate surface area is 141 Å².